The summed E-state index contributed by atoms with van der Waals surface area (Å²) in [6.07, 6.45) is 13.0. The Bertz CT molecular complexity index is 412. The molecule has 0 spiro atoms. The third-order valence-corrected chi connectivity index (χ3v) is 3.63. The van der Waals surface area contributed by atoms with Crippen LogP contribution in [0.25, 0.3) is 0 Å². The van der Waals surface area contributed by atoms with E-state index in [-0.39, 0.29) is 0 Å². The van der Waals surface area contributed by atoms with E-state index in [1.54, 1.807) is 11.1 Å². The SMILES string of the molecule is C1=CC2CCc3ccccc3[C@@H](C=C1)C2. The minimum absolute atomic E-state index is 0.642. The topological polar surface area (TPSA) is 0 Å². The fourth-order valence-electron chi connectivity index (χ4n) is 2.81. The number of aryl methyl sites for hydroxylation is 1. The van der Waals surface area contributed by atoms with Gasteiger partial charge in [0.1, 0.15) is 0 Å². The Labute approximate surface area is 91.3 Å². The Morgan fingerprint density at radius 1 is 1.00 bits per heavy atom. The van der Waals surface area contributed by atoms with E-state index in [0.717, 1.165) is 5.92 Å². The minimum Gasteiger partial charge on any atom is -0.0814 e. The van der Waals surface area contributed by atoms with E-state index in [1.807, 2.05) is 0 Å². The van der Waals surface area contributed by atoms with Crippen LogP contribution in [0.1, 0.15) is 29.9 Å². The monoisotopic (exact) mass is 196 g/mol. The largest absolute Gasteiger partial charge is 0.0814 e. The van der Waals surface area contributed by atoms with Gasteiger partial charge in [-0.2, -0.15) is 0 Å². The molecule has 0 saturated carbocycles. The number of hydrogen-bond acceptors (Lipinski definition) is 0. The number of benzene rings is 1. The lowest BCUT2D eigenvalue weighted by atomic mass is 9.90. The summed E-state index contributed by atoms with van der Waals surface area (Å²) in [4.78, 5) is 0. The molecule has 1 unspecified atom stereocenters. The van der Waals surface area contributed by atoms with Crippen molar-refractivity contribution >= 4 is 0 Å². The first-order valence-electron chi connectivity index (χ1n) is 5.86. The van der Waals surface area contributed by atoms with E-state index < -0.39 is 0 Å². The highest BCUT2D eigenvalue weighted by Crippen LogP contribution is 2.36. The average molecular weight is 196 g/mol. The Hall–Kier alpha value is -1.30. The molecule has 0 saturated heterocycles. The third kappa shape index (κ3) is 1.65. The predicted molar refractivity (Wildman–Crippen MR) is 63.9 cm³/mol. The number of allylic oxidation sites excluding steroid dienone is 4. The summed E-state index contributed by atoms with van der Waals surface area (Å²) in [5.41, 5.74) is 3.12. The van der Waals surface area contributed by atoms with E-state index in [2.05, 4.69) is 48.6 Å². The number of fused-ring (bicyclic) bond motifs is 4. The van der Waals surface area contributed by atoms with E-state index in [9.17, 15) is 0 Å². The molecule has 2 aliphatic rings. The molecule has 1 aromatic rings. The molecule has 0 aromatic heterocycles. The summed E-state index contributed by atoms with van der Waals surface area (Å²) in [6, 6.07) is 8.94. The molecule has 76 valence electrons. The normalized spacial score (nSPS) is 28.0. The molecule has 0 nitrogen and oxygen atoms in total. The highest BCUT2D eigenvalue weighted by atomic mass is 14.3. The van der Waals surface area contributed by atoms with Gasteiger partial charge in [0.2, 0.25) is 0 Å². The van der Waals surface area contributed by atoms with Crippen molar-refractivity contribution in [2.75, 3.05) is 0 Å². The summed E-state index contributed by atoms with van der Waals surface area (Å²) < 4.78 is 0. The summed E-state index contributed by atoms with van der Waals surface area (Å²) in [6.45, 7) is 0. The van der Waals surface area contributed by atoms with Gasteiger partial charge in [-0.15, -0.1) is 0 Å². The molecular formula is C15H16. The van der Waals surface area contributed by atoms with Gasteiger partial charge in [-0.3, -0.25) is 0 Å². The summed E-state index contributed by atoms with van der Waals surface area (Å²) >= 11 is 0. The van der Waals surface area contributed by atoms with E-state index >= 15 is 0 Å². The molecule has 1 aromatic carbocycles. The van der Waals surface area contributed by atoms with Crippen molar-refractivity contribution in [3.63, 3.8) is 0 Å². The van der Waals surface area contributed by atoms with Crippen LogP contribution >= 0.6 is 0 Å². The highest BCUT2D eigenvalue weighted by Gasteiger charge is 2.21. The van der Waals surface area contributed by atoms with Crippen LogP contribution in [0, 0.1) is 5.92 Å². The lowest BCUT2D eigenvalue weighted by Gasteiger charge is -2.14. The second-order valence-corrected chi connectivity index (χ2v) is 4.61. The standard InChI is InChI=1S/C15H16/c1-2-7-14-11-12(5-1)9-10-13-6-3-4-8-15(13)14/h1-8,12,14H,9-11H2/t12?,14-/m0/s1. The zero-order valence-corrected chi connectivity index (χ0v) is 8.89. The molecular weight excluding hydrogens is 180 g/mol. The molecule has 3 rings (SSSR count). The van der Waals surface area contributed by atoms with Crippen LogP contribution in [0.4, 0.5) is 0 Å². The molecule has 2 bridgehead atoms. The van der Waals surface area contributed by atoms with Gasteiger partial charge in [0.25, 0.3) is 0 Å². The van der Waals surface area contributed by atoms with Gasteiger partial charge < -0.3 is 0 Å². The smallest absolute Gasteiger partial charge is 0.00294 e. The third-order valence-electron chi connectivity index (χ3n) is 3.63. The van der Waals surface area contributed by atoms with Crippen molar-refractivity contribution in [2.45, 2.75) is 25.2 Å². The first kappa shape index (κ1) is 8.96. The van der Waals surface area contributed by atoms with Crippen LogP contribution in [0.3, 0.4) is 0 Å². The number of rotatable bonds is 0. The zero-order valence-electron chi connectivity index (χ0n) is 8.89. The summed E-state index contributed by atoms with van der Waals surface area (Å²) in [5.74, 6) is 1.42. The Morgan fingerprint density at radius 3 is 2.87 bits per heavy atom. The van der Waals surface area contributed by atoms with Crippen molar-refractivity contribution in [3.8, 4) is 0 Å². The predicted octanol–water partition coefficient (Wildman–Crippen LogP) is 3.85. The molecule has 0 fully saturated rings. The van der Waals surface area contributed by atoms with Crippen LogP contribution in [0.15, 0.2) is 48.6 Å². The lowest BCUT2D eigenvalue weighted by Crippen LogP contribution is -1.99. The van der Waals surface area contributed by atoms with Crippen molar-refractivity contribution in [1.82, 2.24) is 0 Å². The molecule has 2 atom stereocenters. The van der Waals surface area contributed by atoms with Crippen LogP contribution in [0.5, 0.6) is 0 Å². The molecule has 15 heavy (non-hydrogen) atoms. The van der Waals surface area contributed by atoms with Crippen LogP contribution < -0.4 is 0 Å². The van der Waals surface area contributed by atoms with E-state index in [1.165, 1.54) is 19.3 Å². The maximum absolute atomic E-state index is 2.38. The van der Waals surface area contributed by atoms with Crippen molar-refractivity contribution in [1.29, 1.82) is 0 Å². The molecule has 0 heteroatoms. The Balaban J connectivity index is 2.07. The van der Waals surface area contributed by atoms with Gasteiger partial charge in [0.15, 0.2) is 0 Å². The van der Waals surface area contributed by atoms with Gasteiger partial charge in [-0.1, -0.05) is 48.6 Å². The molecule has 2 aliphatic carbocycles. The molecule has 0 N–H and O–H groups in total. The summed E-state index contributed by atoms with van der Waals surface area (Å²) in [7, 11) is 0. The van der Waals surface area contributed by atoms with E-state index in [0.29, 0.717) is 5.92 Å². The maximum atomic E-state index is 2.38. The zero-order chi connectivity index (χ0) is 10.1. The average Bonchev–Trinajstić information content (AvgIpc) is 2.61. The van der Waals surface area contributed by atoms with Crippen molar-refractivity contribution in [2.24, 2.45) is 5.92 Å². The second-order valence-electron chi connectivity index (χ2n) is 4.61. The molecule has 0 aliphatic heterocycles. The second kappa shape index (κ2) is 3.69. The fourth-order valence-corrected chi connectivity index (χ4v) is 2.81. The van der Waals surface area contributed by atoms with Gasteiger partial charge in [-0.25, -0.2) is 0 Å². The van der Waals surface area contributed by atoms with Crippen LogP contribution in [-0.4, -0.2) is 0 Å². The van der Waals surface area contributed by atoms with Gasteiger partial charge >= 0.3 is 0 Å². The fraction of sp³-hybridized carbons (Fsp3) is 0.333. The highest BCUT2D eigenvalue weighted by molar-refractivity contribution is 5.36. The quantitative estimate of drug-likeness (QED) is 0.591. The first-order chi connectivity index (χ1) is 7.43. The minimum atomic E-state index is 0.642. The molecule has 0 heterocycles. The molecule has 0 amide bonds. The van der Waals surface area contributed by atoms with Crippen molar-refractivity contribution < 1.29 is 0 Å². The van der Waals surface area contributed by atoms with Gasteiger partial charge in [-0.05, 0) is 36.3 Å². The maximum Gasteiger partial charge on any atom is 0.00294 e. The van der Waals surface area contributed by atoms with Crippen LogP contribution in [0.2, 0.25) is 0 Å². The Morgan fingerprint density at radius 2 is 1.87 bits per heavy atom. The summed E-state index contributed by atoms with van der Waals surface area (Å²) in [5, 5.41) is 0. The van der Waals surface area contributed by atoms with Crippen LogP contribution in [-0.2, 0) is 6.42 Å². The molecule has 0 radical (unpaired) electrons. The van der Waals surface area contributed by atoms with Crippen molar-refractivity contribution in [3.05, 3.63) is 59.7 Å². The lowest BCUT2D eigenvalue weighted by molar-refractivity contribution is 0.543. The van der Waals surface area contributed by atoms with Gasteiger partial charge in [0, 0.05) is 5.92 Å². The van der Waals surface area contributed by atoms with E-state index in [4.69, 9.17) is 0 Å². The van der Waals surface area contributed by atoms with Gasteiger partial charge in [0.05, 0.1) is 0 Å². The number of hydrogen-bond donors (Lipinski definition) is 0. The first-order valence-corrected chi connectivity index (χ1v) is 5.86. The Kier molecular flexibility index (Phi) is 2.21.